The fourth-order valence-electron chi connectivity index (χ4n) is 3.01. The third-order valence-electron chi connectivity index (χ3n) is 3.93. The Labute approximate surface area is 128 Å². The van der Waals surface area contributed by atoms with Crippen molar-refractivity contribution in [3.63, 3.8) is 0 Å². The molecule has 21 heavy (non-hydrogen) atoms. The van der Waals surface area contributed by atoms with E-state index in [0.29, 0.717) is 6.04 Å². The minimum atomic E-state index is 0.229. The number of hydrogen-bond donors (Lipinski definition) is 1. The Bertz CT molecular complexity index is 411. The zero-order valence-electron chi connectivity index (χ0n) is 13.6. The van der Waals surface area contributed by atoms with Crippen LogP contribution in [0.1, 0.15) is 58.7 Å². The summed E-state index contributed by atoms with van der Waals surface area (Å²) in [6, 6.07) is 4.43. The van der Waals surface area contributed by atoms with Crippen molar-refractivity contribution in [3.8, 4) is 5.75 Å². The highest BCUT2D eigenvalue weighted by molar-refractivity contribution is 5.22. The first-order valence-electron chi connectivity index (χ1n) is 8.13. The van der Waals surface area contributed by atoms with E-state index in [2.05, 4.69) is 44.1 Å². The van der Waals surface area contributed by atoms with Gasteiger partial charge < -0.3 is 14.8 Å². The molecule has 1 aliphatic rings. The van der Waals surface area contributed by atoms with Crippen molar-refractivity contribution in [3.05, 3.63) is 24.0 Å². The monoisotopic (exact) mass is 292 g/mol. The van der Waals surface area contributed by atoms with Gasteiger partial charge in [-0.1, -0.05) is 13.8 Å². The molecule has 0 amide bonds. The van der Waals surface area contributed by atoms with Crippen LogP contribution in [0.4, 0.5) is 0 Å². The first-order chi connectivity index (χ1) is 10.1. The number of pyridine rings is 1. The molecule has 1 saturated heterocycles. The number of rotatable bonds is 6. The van der Waals surface area contributed by atoms with E-state index in [0.717, 1.165) is 37.3 Å². The summed E-state index contributed by atoms with van der Waals surface area (Å²) < 4.78 is 11.8. The van der Waals surface area contributed by atoms with Gasteiger partial charge >= 0.3 is 0 Å². The summed E-state index contributed by atoms with van der Waals surface area (Å²) in [5.41, 5.74) is 1.08. The van der Waals surface area contributed by atoms with Gasteiger partial charge in [-0.2, -0.15) is 0 Å². The van der Waals surface area contributed by atoms with Crippen molar-refractivity contribution in [2.24, 2.45) is 0 Å². The lowest BCUT2D eigenvalue weighted by molar-refractivity contribution is -0.0722. The predicted octanol–water partition coefficient (Wildman–Crippen LogP) is 3.48. The summed E-state index contributed by atoms with van der Waals surface area (Å²) in [5.74, 6) is 0.858. The lowest BCUT2D eigenvalue weighted by Crippen LogP contribution is -2.35. The van der Waals surface area contributed by atoms with E-state index >= 15 is 0 Å². The van der Waals surface area contributed by atoms with Crippen molar-refractivity contribution in [1.82, 2.24) is 10.3 Å². The van der Waals surface area contributed by atoms with Gasteiger partial charge in [-0.25, -0.2) is 0 Å². The second-order valence-electron chi connectivity index (χ2n) is 5.91. The molecule has 2 heterocycles. The van der Waals surface area contributed by atoms with Crippen LogP contribution in [0.2, 0.25) is 0 Å². The summed E-state index contributed by atoms with van der Waals surface area (Å²) in [7, 11) is 0. The standard InChI is InChI=1S/C17H28N2O2/c1-5-16(18-6-2)17-8-7-14(11-19-17)21-15-9-12(3)20-13(4)10-15/h7-8,11-13,15-16,18H,5-6,9-10H2,1-4H3. The zero-order chi connectivity index (χ0) is 15.2. The molecule has 0 spiro atoms. The number of aromatic nitrogens is 1. The Morgan fingerprint density at radius 3 is 2.52 bits per heavy atom. The van der Waals surface area contributed by atoms with Crippen LogP contribution >= 0.6 is 0 Å². The molecule has 0 bridgehead atoms. The Kier molecular flexibility index (Phi) is 6.00. The van der Waals surface area contributed by atoms with Crippen molar-refractivity contribution in [2.75, 3.05) is 6.54 Å². The Hall–Kier alpha value is -1.13. The molecule has 4 heteroatoms. The molecular weight excluding hydrogens is 264 g/mol. The molecule has 3 atom stereocenters. The number of nitrogens with one attached hydrogen (secondary N) is 1. The van der Waals surface area contributed by atoms with Gasteiger partial charge in [-0.15, -0.1) is 0 Å². The summed E-state index contributed by atoms with van der Waals surface area (Å²) >= 11 is 0. The average Bonchev–Trinajstić information content (AvgIpc) is 2.45. The maximum absolute atomic E-state index is 6.06. The molecule has 0 aromatic carbocycles. The van der Waals surface area contributed by atoms with Gasteiger partial charge in [0.15, 0.2) is 0 Å². The normalized spacial score (nSPS) is 27.3. The highest BCUT2D eigenvalue weighted by Gasteiger charge is 2.25. The topological polar surface area (TPSA) is 43.4 Å². The van der Waals surface area contributed by atoms with Crippen LogP contribution in [0.5, 0.6) is 5.75 Å². The minimum Gasteiger partial charge on any atom is -0.489 e. The molecule has 2 rings (SSSR count). The van der Waals surface area contributed by atoms with Gasteiger partial charge in [0.25, 0.3) is 0 Å². The van der Waals surface area contributed by atoms with E-state index in [4.69, 9.17) is 9.47 Å². The molecular formula is C17H28N2O2. The van der Waals surface area contributed by atoms with Crippen molar-refractivity contribution < 1.29 is 9.47 Å². The number of hydrogen-bond acceptors (Lipinski definition) is 4. The predicted molar refractivity (Wildman–Crippen MR) is 84.6 cm³/mol. The molecule has 1 N–H and O–H groups in total. The molecule has 0 radical (unpaired) electrons. The van der Waals surface area contributed by atoms with Crippen LogP contribution in [0.15, 0.2) is 18.3 Å². The van der Waals surface area contributed by atoms with E-state index in [9.17, 15) is 0 Å². The van der Waals surface area contributed by atoms with Crippen LogP contribution in [0.3, 0.4) is 0 Å². The molecule has 118 valence electrons. The Morgan fingerprint density at radius 1 is 1.29 bits per heavy atom. The van der Waals surface area contributed by atoms with Gasteiger partial charge in [-0.3, -0.25) is 4.98 Å². The SMILES string of the molecule is CCNC(CC)c1ccc(OC2CC(C)OC(C)C2)cn1. The quantitative estimate of drug-likeness (QED) is 0.872. The van der Waals surface area contributed by atoms with Crippen LogP contribution in [0, 0.1) is 0 Å². The molecule has 0 saturated carbocycles. The number of ether oxygens (including phenoxy) is 2. The van der Waals surface area contributed by atoms with E-state index in [-0.39, 0.29) is 18.3 Å². The van der Waals surface area contributed by atoms with Crippen molar-refractivity contribution >= 4 is 0 Å². The fraction of sp³-hybridized carbons (Fsp3) is 0.706. The van der Waals surface area contributed by atoms with Crippen molar-refractivity contribution in [1.29, 1.82) is 0 Å². The lowest BCUT2D eigenvalue weighted by Gasteiger charge is -2.32. The fourth-order valence-corrected chi connectivity index (χ4v) is 3.01. The van der Waals surface area contributed by atoms with E-state index in [1.807, 2.05) is 12.3 Å². The maximum atomic E-state index is 6.06. The zero-order valence-corrected chi connectivity index (χ0v) is 13.6. The van der Waals surface area contributed by atoms with Crippen LogP contribution in [0.25, 0.3) is 0 Å². The lowest BCUT2D eigenvalue weighted by atomic mass is 10.0. The first-order valence-corrected chi connectivity index (χ1v) is 8.13. The van der Waals surface area contributed by atoms with Gasteiger partial charge in [0.1, 0.15) is 11.9 Å². The summed E-state index contributed by atoms with van der Waals surface area (Å²) in [4.78, 5) is 4.55. The van der Waals surface area contributed by atoms with Crippen LogP contribution in [-0.2, 0) is 4.74 Å². The van der Waals surface area contributed by atoms with Crippen LogP contribution in [-0.4, -0.2) is 29.8 Å². The first kappa shape index (κ1) is 16.2. The maximum Gasteiger partial charge on any atom is 0.138 e. The Balaban J connectivity index is 1.95. The molecule has 0 aliphatic carbocycles. The second-order valence-corrected chi connectivity index (χ2v) is 5.91. The van der Waals surface area contributed by atoms with E-state index in [1.54, 1.807) is 0 Å². The van der Waals surface area contributed by atoms with E-state index in [1.165, 1.54) is 0 Å². The Morgan fingerprint density at radius 2 is 2.00 bits per heavy atom. The molecule has 1 aromatic rings. The molecule has 3 unspecified atom stereocenters. The molecule has 1 aromatic heterocycles. The third-order valence-corrected chi connectivity index (χ3v) is 3.93. The summed E-state index contributed by atoms with van der Waals surface area (Å²) in [5, 5.41) is 3.44. The van der Waals surface area contributed by atoms with E-state index < -0.39 is 0 Å². The molecule has 4 nitrogen and oxygen atoms in total. The molecule has 1 fully saturated rings. The smallest absolute Gasteiger partial charge is 0.138 e. The summed E-state index contributed by atoms with van der Waals surface area (Å²) in [6.45, 7) is 9.46. The van der Waals surface area contributed by atoms with Crippen LogP contribution < -0.4 is 10.1 Å². The molecule has 1 aliphatic heterocycles. The van der Waals surface area contributed by atoms with Gasteiger partial charge in [0.2, 0.25) is 0 Å². The summed E-state index contributed by atoms with van der Waals surface area (Å²) in [6.07, 6.45) is 5.54. The largest absolute Gasteiger partial charge is 0.489 e. The minimum absolute atomic E-state index is 0.229. The van der Waals surface area contributed by atoms with Gasteiger partial charge in [0.05, 0.1) is 24.1 Å². The van der Waals surface area contributed by atoms with Crippen molar-refractivity contribution in [2.45, 2.75) is 71.3 Å². The highest BCUT2D eigenvalue weighted by Crippen LogP contribution is 2.24. The highest BCUT2D eigenvalue weighted by atomic mass is 16.5. The van der Waals surface area contributed by atoms with Gasteiger partial charge in [0, 0.05) is 18.9 Å². The van der Waals surface area contributed by atoms with Gasteiger partial charge in [-0.05, 0) is 38.9 Å². The number of nitrogens with zero attached hydrogens (tertiary/aromatic N) is 1. The third kappa shape index (κ3) is 4.68. The second kappa shape index (κ2) is 7.76. The average molecular weight is 292 g/mol.